The Balaban J connectivity index is 1.58. The van der Waals surface area contributed by atoms with Crippen molar-refractivity contribution in [3.05, 3.63) is 0 Å². The molecule has 140 valence electrons. The van der Waals surface area contributed by atoms with Crippen molar-refractivity contribution in [1.82, 2.24) is 9.80 Å². The van der Waals surface area contributed by atoms with E-state index in [0.29, 0.717) is 51.4 Å². The van der Waals surface area contributed by atoms with Crippen molar-refractivity contribution >= 4 is 17.7 Å². The van der Waals surface area contributed by atoms with Gasteiger partial charge in [0.15, 0.2) is 0 Å². The molecular weight excluding hydrogens is 318 g/mol. The van der Waals surface area contributed by atoms with E-state index < -0.39 is 0 Å². The van der Waals surface area contributed by atoms with Crippen LogP contribution in [0.25, 0.3) is 0 Å². The van der Waals surface area contributed by atoms with Gasteiger partial charge < -0.3 is 15.5 Å². The monoisotopic (exact) mass is 349 g/mol. The van der Waals surface area contributed by atoms with Crippen molar-refractivity contribution in [2.24, 2.45) is 17.6 Å². The van der Waals surface area contributed by atoms with Crippen LogP contribution < -0.4 is 5.73 Å². The minimum atomic E-state index is -0.255. The van der Waals surface area contributed by atoms with Crippen LogP contribution >= 0.6 is 0 Å². The first-order valence-corrected chi connectivity index (χ1v) is 9.94. The Hall–Kier alpha value is -1.59. The molecule has 2 heterocycles. The summed E-state index contributed by atoms with van der Waals surface area (Å²) in [6, 6.07) is 0.325. The zero-order valence-corrected chi connectivity index (χ0v) is 15.1. The summed E-state index contributed by atoms with van der Waals surface area (Å²) in [4.78, 5) is 40.5. The lowest BCUT2D eigenvalue weighted by Gasteiger charge is -2.40. The number of carbonyl (C=O) groups excluding carboxylic acids is 3. The SMILES string of the molecule is NC(=O)C1CCN(C(=O)[C@H]2CCC(=O)N(C3CCCCCC3)C2)CC1. The fourth-order valence-corrected chi connectivity index (χ4v) is 4.64. The molecule has 3 fully saturated rings. The van der Waals surface area contributed by atoms with Crippen LogP contribution in [0, 0.1) is 11.8 Å². The molecule has 1 atom stereocenters. The number of nitrogens with two attached hydrogens (primary N) is 1. The quantitative estimate of drug-likeness (QED) is 0.787. The van der Waals surface area contributed by atoms with Gasteiger partial charge in [-0.3, -0.25) is 14.4 Å². The van der Waals surface area contributed by atoms with Gasteiger partial charge in [-0.1, -0.05) is 25.7 Å². The number of primary amides is 1. The zero-order valence-electron chi connectivity index (χ0n) is 15.1. The molecule has 3 aliphatic rings. The van der Waals surface area contributed by atoms with Crippen LogP contribution in [0.5, 0.6) is 0 Å². The van der Waals surface area contributed by atoms with E-state index >= 15 is 0 Å². The summed E-state index contributed by atoms with van der Waals surface area (Å²) in [6.45, 7) is 1.80. The summed E-state index contributed by atoms with van der Waals surface area (Å²) in [6.07, 6.45) is 9.54. The predicted molar refractivity (Wildman–Crippen MR) is 94.4 cm³/mol. The van der Waals surface area contributed by atoms with Gasteiger partial charge in [-0.05, 0) is 32.1 Å². The Morgan fingerprint density at radius 2 is 1.52 bits per heavy atom. The number of likely N-dealkylation sites (tertiary alicyclic amines) is 2. The largest absolute Gasteiger partial charge is 0.369 e. The minimum absolute atomic E-state index is 0.0777. The number of carbonyl (C=O) groups is 3. The van der Waals surface area contributed by atoms with Crippen LogP contribution in [0.1, 0.15) is 64.2 Å². The first-order chi connectivity index (χ1) is 12.1. The highest BCUT2D eigenvalue weighted by atomic mass is 16.2. The van der Waals surface area contributed by atoms with E-state index in [4.69, 9.17) is 5.73 Å². The molecule has 1 saturated carbocycles. The minimum Gasteiger partial charge on any atom is -0.369 e. The molecule has 0 radical (unpaired) electrons. The van der Waals surface area contributed by atoms with Crippen LogP contribution in [0.2, 0.25) is 0 Å². The van der Waals surface area contributed by atoms with Gasteiger partial charge in [-0.2, -0.15) is 0 Å². The van der Waals surface area contributed by atoms with E-state index in [9.17, 15) is 14.4 Å². The van der Waals surface area contributed by atoms with Gasteiger partial charge in [-0.15, -0.1) is 0 Å². The summed E-state index contributed by atoms with van der Waals surface area (Å²) >= 11 is 0. The van der Waals surface area contributed by atoms with E-state index in [1.165, 1.54) is 25.7 Å². The molecule has 6 nitrogen and oxygen atoms in total. The highest BCUT2D eigenvalue weighted by Gasteiger charge is 2.37. The molecule has 3 amide bonds. The van der Waals surface area contributed by atoms with Crippen molar-refractivity contribution < 1.29 is 14.4 Å². The second-order valence-corrected chi connectivity index (χ2v) is 7.93. The van der Waals surface area contributed by atoms with Crippen molar-refractivity contribution in [1.29, 1.82) is 0 Å². The van der Waals surface area contributed by atoms with Gasteiger partial charge in [0.05, 0.1) is 5.92 Å². The molecule has 0 aromatic heterocycles. The molecule has 2 N–H and O–H groups in total. The summed E-state index contributed by atoms with van der Waals surface area (Å²) in [5, 5.41) is 0. The Morgan fingerprint density at radius 3 is 2.12 bits per heavy atom. The summed E-state index contributed by atoms with van der Waals surface area (Å²) in [5.41, 5.74) is 5.37. The zero-order chi connectivity index (χ0) is 17.8. The van der Waals surface area contributed by atoms with Gasteiger partial charge in [0.25, 0.3) is 0 Å². The molecule has 0 unspecified atom stereocenters. The van der Waals surface area contributed by atoms with Crippen LogP contribution in [0.4, 0.5) is 0 Å². The van der Waals surface area contributed by atoms with E-state index in [2.05, 4.69) is 0 Å². The summed E-state index contributed by atoms with van der Waals surface area (Å²) in [5.74, 6) is -0.0436. The summed E-state index contributed by atoms with van der Waals surface area (Å²) in [7, 11) is 0. The number of piperidine rings is 2. The van der Waals surface area contributed by atoms with E-state index in [1.54, 1.807) is 0 Å². The fraction of sp³-hybridized carbons (Fsp3) is 0.842. The Kier molecular flexibility index (Phi) is 5.97. The second kappa shape index (κ2) is 8.19. The predicted octanol–water partition coefficient (Wildman–Crippen LogP) is 1.67. The standard InChI is InChI=1S/C19H31N3O3/c20-18(24)14-9-11-21(12-10-14)19(25)15-7-8-17(23)22(13-15)16-5-3-1-2-4-6-16/h14-16H,1-13H2,(H2,20,24)/t15-/m0/s1. The third-order valence-electron chi connectivity index (χ3n) is 6.27. The first kappa shape index (κ1) is 18.2. The molecule has 0 aromatic rings. The molecular formula is C19H31N3O3. The molecule has 2 aliphatic heterocycles. The van der Waals surface area contributed by atoms with Gasteiger partial charge in [-0.25, -0.2) is 0 Å². The number of amides is 3. The van der Waals surface area contributed by atoms with Crippen LogP contribution in [-0.4, -0.2) is 53.2 Å². The maximum absolute atomic E-state index is 12.9. The molecule has 1 aliphatic carbocycles. The Bertz CT molecular complexity index is 506. The average Bonchev–Trinajstić information content (AvgIpc) is 2.91. The topological polar surface area (TPSA) is 83.7 Å². The highest BCUT2D eigenvalue weighted by molar-refractivity contribution is 5.84. The smallest absolute Gasteiger partial charge is 0.227 e. The molecule has 3 rings (SSSR count). The van der Waals surface area contributed by atoms with Crippen LogP contribution in [0.15, 0.2) is 0 Å². The Morgan fingerprint density at radius 1 is 0.880 bits per heavy atom. The third-order valence-corrected chi connectivity index (χ3v) is 6.27. The average molecular weight is 349 g/mol. The molecule has 2 saturated heterocycles. The number of rotatable bonds is 3. The lowest BCUT2D eigenvalue weighted by Crippen LogP contribution is -2.52. The molecule has 0 bridgehead atoms. The lowest BCUT2D eigenvalue weighted by molar-refractivity contribution is -0.146. The summed E-state index contributed by atoms with van der Waals surface area (Å²) < 4.78 is 0. The molecule has 0 aromatic carbocycles. The molecule has 6 heteroatoms. The van der Waals surface area contributed by atoms with Crippen molar-refractivity contribution in [2.75, 3.05) is 19.6 Å². The second-order valence-electron chi connectivity index (χ2n) is 7.93. The van der Waals surface area contributed by atoms with Crippen LogP contribution in [-0.2, 0) is 14.4 Å². The normalized spacial score (nSPS) is 27.2. The molecule has 0 spiro atoms. The van der Waals surface area contributed by atoms with Crippen molar-refractivity contribution in [2.45, 2.75) is 70.3 Å². The van der Waals surface area contributed by atoms with Crippen LogP contribution in [0.3, 0.4) is 0 Å². The van der Waals surface area contributed by atoms with E-state index in [1.807, 2.05) is 9.80 Å². The maximum atomic E-state index is 12.9. The molecule has 25 heavy (non-hydrogen) atoms. The maximum Gasteiger partial charge on any atom is 0.227 e. The van der Waals surface area contributed by atoms with E-state index in [0.717, 1.165) is 12.8 Å². The lowest BCUT2D eigenvalue weighted by atomic mass is 9.91. The van der Waals surface area contributed by atoms with Gasteiger partial charge in [0.1, 0.15) is 0 Å². The highest BCUT2D eigenvalue weighted by Crippen LogP contribution is 2.29. The number of hydrogen-bond donors (Lipinski definition) is 1. The number of hydrogen-bond acceptors (Lipinski definition) is 3. The van der Waals surface area contributed by atoms with Crippen molar-refractivity contribution in [3.8, 4) is 0 Å². The fourth-order valence-electron chi connectivity index (χ4n) is 4.64. The van der Waals surface area contributed by atoms with Gasteiger partial charge in [0.2, 0.25) is 17.7 Å². The first-order valence-electron chi connectivity index (χ1n) is 9.94. The van der Waals surface area contributed by atoms with E-state index in [-0.39, 0.29) is 29.6 Å². The third kappa shape index (κ3) is 4.33. The Labute approximate surface area is 150 Å². The van der Waals surface area contributed by atoms with Gasteiger partial charge in [0, 0.05) is 38.0 Å². The number of nitrogens with zero attached hydrogens (tertiary/aromatic N) is 2. The van der Waals surface area contributed by atoms with Crippen molar-refractivity contribution in [3.63, 3.8) is 0 Å². The van der Waals surface area contributed by atoms with Gasteiger partial charge >= 0.3 is 0 Å².